The van der Waals surface area contributed by atoms with Crippen molar-refractivity contribution in [3.05, 3.63) is 0 Å². The minimum absolute atomic E-state index is 0.123. The van der Waals surface area contributed by atoms with Gasteiger partial charge >= 0.3 is 47.8 Å². The van der Waals surface area contributed by atoms with Gasteiger partial charge in [-0.15, -0.1) is 0 Å². The van der Waals surface area contributed by atoms with Crippen LogP contribution in [0.4, 0.5) is 0 Å². The Morgan fingerprint density at radius 3 is 0.913 bits per heavy atom. The molecule has 0 aliphatic heterocycles. The topological polar surface area (TPSA) is 210 Å². The maximum Gasteiger partial charge on any atom is 0.344 e. The van der Waals surface area contributed by atoms with Gasteiger partial charge in [0.25, 0.3) is 0 Å². The molecule has 13 aliphatic carbocycles. The Labute approximate surface area is 553 Å². The van der Waals surface area contributed by atoms with Gasteiger partial charge in [0, 0.05) is 0 Å². The summed E-state index contributed by atoms with van der Waals surface area (Å²) in [6.45, 7) is 30.7. The van der Waals surface area contributed by atoms with Crippen molar-refractivity contribution in [3.8, 4) is 0 Å². The summed E-state index contributed by atoms with van der Waals surface area (Å²) in [6.07, 6.45) is 28.9. The van der Waals surface area contributed by atoms with Crippen molar-refractivity contribution in [2.24, 2.45) is 92.7 Å². The van der Waals surface area contributed by atoms with E-state index >= 15 is 0 Å². The van der Waals surface area contributed by atoms with E-state index in [2.05, 4.69) is 20.8 Å². The van der Waals surface area contributed by atoms with Gasteiger partial charge in [-0.05, 0) is 301 Å². The van der Waals surface area contributed by atoms with Crippen molar-refractivity contribution in [2.75, 3.05) is 26.4 Å². The van der Waals surface area contributed by atoms with Crippen LogP contribution in [0.25, 0.3) is 0 Å². The standard InChI is InChI=1S/C21H34O4.2C20H32O4.C15H26O4/c1-5-20(3,4)19(23)24-8-7-18(22)25-21(6-2)16-10-14-9-15(12-16)13-17(21)11-14;1-5-19(2,3)18(22)23-7-6-17(21)24-20(4)15-9-13-8-14(11-15)12-16(20)10-13;1-5-19(3,4)18(22)23-12-17(21)24-20(6-2)15-8-13-7-14(10-15)11-16(20)9-13;1-5-14(2,3)13(17)18-11-12(16)19-15(4)9-7-6-8-10-15/h14-17H,5-13H2,1-4H3;2*13-16H,5-12H2,1-4H3;5-11H2,1-4H3. The van der Waals surface area contributed by atoms with Gasteiger partial charge in [-0.2, -0.15) is 0 Å². The lowest BCUT2D eigenvalue weighted by Gasteiger charge is -2.60. The van der Waals surface area contributed by atoms with Gasteiger partial charge in [0.1, 0.15) is 35.6 Å². The van der Waals surface area contributed by atoms with Crippen molar-refractivity contribution in [3.63, 3.8) is 0 Å². The lowest BCUT2D eigenvalue weighted by molar-refractivity contribution is -0.215. The highest BCUT2D eigenvalue weighted by atomic mass is 16.6. The zero-order chi connectivity index (χ0) is 67.8. The van der Waals surface area contributed by atoms with Crippen molar-refractivity contribution in [1.29, 1.82) is 0 Å². The van der Waals surface area contributed by atoms with Crippen molar-refractivity contribution in [1.82, 2.24) is 0 Å². The molecule has 524 valence electrons. The Bertz CT molecular complexity index is 2460. The first-order valence-corrected chi connectivity index (χ1v) is 36.7. The van der Waals surface area contributed by atoms with Crippen molar-refractivity contribution >= 4 is 47.8 Å². The van der Waals surface area contributed by atoms with E-state index in [9.17, 15) is 38.4 Å². The molecular weight excluding hydrogens is 1170 g/mol. The Morgan fingerprint density at radius 1 is 0.337 bits per heavy atom. The minimum Gasteiger partial charge on any atom is -0.465 e. The number of hydrogen-bond acceptors (Lipinski definition) is 16. The summed E-state index contributed by atoms with van der Waals surface area (Å²) in [5.41, 5.74) is -3.30. The highest BCUT2D eigenvalue weighted by Crippen LogP contribution is 2.63. The third-order valence-corrected chi connectivity index (χ3v) is 25.6. The van der Waals surface area contributed by atoms with Gasteiger partial charge in [0.15, 0.2) is 13.2 Å². The fraction of sp³-hybridized carbons (Fsp3) is 0.895. The lowest BCUT2D eigenvalue weighted by Crippen LogP contribution is -2.59. The molecule has 0 aromatic rings. The molecular formula is C76H124O16. The van der Waals surface area contributed by atoms with Crippen LogP contribution in [-0.2, 0) is 76.3 Å². The zero-order valence-corrected chi connectivity index (χ0v) is 60.1. The van der Waals surface area contributed by atoms with Crippen LogP contribution in [-0.4, -0.2) is 96.6 Å². The average Bonchev–Trinajstić information content (AvgIpc) is 0.747. The van der Waals surface area contributed by atoms with Gasteiger partial charge < -0.3 is 37.9 Å². The maximum atomic E-state index is 12.5. The molecule has 0 heterocycles. The van der Waals surface area contributed by atoms with Crippen LogP contribution in [0.15, 0.2) is 0 Å². The fourth-order valence-electron chi connectivity index (χ4n) is 18.5. The summed E-state index contributed by atoms with van der Waals surface area (Å²) in [6, 6.07) is 0. The van der Waals surface area contributed by atoms with Crippen LogP contribution in [0.1, 0.15) is 291 Å². The third kappa shape index (κ3) is 17.9. The molecule has 12 bridgehead atoms. The summed E-state index contributed by atoms with van der Waals surface area (Å²) in [4.78, 5) is 96.7. The highest BCUT2D eigenvalue weighted by molar-refractivity contribution is 5.81. The van der Waals surface area contributed by atoms with Crippen LogP contribution in [0.2, 0.25) is 0 Å². The molecule has 0 aromatic heterocycles. The predicted octanol–water partition coefficient (Wildman–Crippen LogP) is 16.0. The number of rotatable bonds is 24. The number of carbonyl (C=O) groups is 8. The molecule has 0 N–H and O–H groups in total. The van der Waals surface area contributed by atoms with Gasteiger partial charge in [0.2, 0.25) is 0 Å². The van der Waals surface area contributed by atoms with Crippen LogP contribution in [0.3, 0.4) is 0 Å². The van der Waals surface area contributed by atoms with E-state index in [1.54, 1.807) is 0 Å². The van der Waals surface area contributed by atoms with Crippen molar-refractivity contribution < 1.29 is 76.3 Å². The quantitative estimate of drug-likeness (QED) is 0.0650. The molecule has 0 aromatic carbocycles. The SMILES string of the molecule is CCC(C)(C)C(=O)OCC(=O)OC1(C)CCCCC1.CCC(C)(C)C(=O)OCC(=O)OC1(CC)C2CC3CC(C2)CC1C3.CCC(C)(C)C(=O)OCCC(=O)OC1(C)C2CC3CC(C2)CC1C3.CCC(C)(C)C(=O)OCCC(=O)OC1(CC)C2CC3CC(C2)CC1C3. The molecule has 13 aliphatic rings. The molecule has 92 heavy (non-hydrogen) atoms. The van der Waals surface area contributed by atoms with Crippen LogP contribution < -0.4 is 0 Å². The minimum atomic E-state index is -0.550. The van der Waals surface area contributed by atoms with E-state index in [1.165, 1.54) is 103 Å². The Hall–Kier alpha value is -4.24. The second kappa shape index (κ2) is 30.9. The predicted molar refractivity (Wildman–Crippen MR) is 351 cm³/mol. The smallest absolute Gasteiger partial charge is 0.344 e. The van der Waals surface area contributed by atoms with Gasteiger partial charge in [-0.1, -0.05) is 48.0 Å². The molecule has 16 nitrogen and oxygen atoms in total. The zero-order valence-electron chi connectivity index (χ0n) is 60.1. The first kappa shape index (κ1) is 75.1. The van der Waals surface area contributed by atoms with E-state index in [0.29, 0.717) is 48.3 Å². The summed E-state index contributed by atoms with van der Waals surface area (Å²) in [5, 5.41) is 0. The Kier molecular flexibility index (Phi) is 25.2. The van der Waals surface area contributed by atoms with E-state index < -0.39 is 27.6 Å². The number of carbonyl (C=O) groups excluding carboxylic acids is 8. The van der Waals surface area contributed by atoms with Crippen LogP contribution in [0.5, 0.6) is 0 Å². The molecule has 13 saturated carbocycles. The van der Waals surface area contributed by atoms with Gasteiger partial charge in [0.05, 0.1) is 34.5 Å². The fourth-order valence-corrected chi connectivity index (χ4v) is 18.5. The van der Waals surface area contributed by atoms with Crippen LogP contribution >= 0.6 is 0 Å². The largest absolute Gasteiger partial charge is 0.465 e. The summed E-state index contributed by atoms with van der Waals surface area (Å²) >= 11 is 0. The number of esters is 8. The summed E-state index contributed by atoms with van der Waals surface area (Å²) in [7, 11) is 0. The normalized spacial score (nSPS) is 33.2. The molecule has 0 amide bonds. The first-order chi connectivity index (χ1) is 43.1. The second-order valence-corrected chi connectivity index (χ2v) is 33.5. The van der Waals surface area contributed by atoms with Crippen molar-refractivity contribution in [2.45, 2.75) is 313 Å². The lowest BCUT2D eigenvalue weighted by atomic mass is 9.49. The van der Waals surface area contributed by atoms with Crippen LogP contribution in [0, 0.1) is 92.7 Å². The number of hydrogen-bond donors (Lipinski definition) is 0. The van der Waals surface area contributed by atoms with Gasteiger partial charge in [-0.3, -0.25) is 28.8 Å². The van der Waals surface area contributed by atoms with E-state index in [-0.39, 0.29) is 103 Å². The molecule has 13 fully saturated rings. The Balaban J connectivity index is 0.000000175. The second-order valence-electron chi connectivity index (χ2n) is 33.5. The molecule has 0 unspecified atom stereocenters. The number of ether oxygens (including phenoxy) is 8. The molecule has 16 heteroatoms. The molecule has 0 spiro atoms. The molecule has 0 saturated heterocycles. The van der Waals surface area contributed by atoms with E-state index in [1.807, 2.05) is 90.0 Å². The maximum absolute atomic E-state index is 12.5. The highest BCUT2D eigenvalue weighted by Gasteiger charge is 2.61. The third-order valence-electron chi connectivity index (χ3n) is 25.6. The molecule has 0 atom stereocenters. The molecule has 0 radical (unpaired) electrons. The summed E-state index contributed by atoms with van der Waals surface area (Å²) < 4.78 is 44.4. The summed E-state index contributed by atoms with van der Waals surface area (Å²) in [5.74, 6) is 5.90. The molecule has 13 rings (SSSR count). The van der Waals surface area contributed by atoms with E-state index in [0.717, 1.165) is 86.9 Å². The monoisotopic (exact) mass is 1290 g/mol. The Morgan fingerprint density at radius 2 is 0.609 bits per heavy atom. The van der Waals surface area contributed by atoms with E-state index in [4.69, 9.17) is 37.9 Å². The average molecular weight is 1290 g/mol. The van der Waals surface area contributed by atoms with Gasteiger partial charge in [-0.25, -0.2) is 9.59 Å². The first-order valence-electron chi connectivity index (χ1n) is 36.7.